The zero-order valence-corrected chi connectivity index (χ0v) is 10.5. The molecule has 0 aromatic heterocycles. The second-order valence-electron chi connectivity index (χ2n) is 3.42. The summed E-state index contributed by atoms with van der Waals surface area (Å²) in [6.07, 6.45) is 2.38. The van der Waals surface area contributed by atoms with Crippen LogP contribution in [0.2, 0.25) is 18.1 Å². The summed E-state index contributed by atoms with van der Waals surface area (Å²) in [7, 11) is -1.42. The Balaban J connectivity index is 3.76. The summed E-state index contributed by atoms with van der Waals surface area (Å²) < 4.78 is 5.97. The third kappa shape index (κ3) is 4.70. The first-order valence-corrected chi connectivity index (χ1v) is 7.95. The van der Waals surface area contributed by atoms with E-state index in [9.17, 15) is 4.79 Å². The topological polar surface area (TPSA) is 38.7 Å². The molecule has 0 aliphatic rings. The Morgan fingerprint density at radius 3 is 2.21 bits per heavy atom. The van der Waals surface area contributed by atoms with E-state index in [-0.39, 0.29) is 0 Å². The largest absolute Gasteiger partial charge is 0.417 e. The van der Waals surface area contributed by atoms with Crippen LogP contribution in [-0.2, 0) is 9.22 Å². The SMILES string of the molecule is CC[Si](CC)(CC)OCCCN=C=O. The van der Waals surface area contributed by atoms with E-state index in [2.05, 4.69) is 25.8 Å². The molecule has 0 unspecified atom stereocenters. The Morgan fingerprint density at radius 2 is 1.79 bits per heavy atom. The molecule has 0 aromatic rings. The summed E-state index contributed by atoms with van der Waals surface area (Å²) in [5, 5.41) is 0. The minimum atomic E-state index is -1.42. The highest BCUT2D eigenvalue weighted by molar-refractivity contribution is 6.73. The normalized spacial score (nSPS) is 11.1. The van der Waals surface area contributed by atoms with E-state index in [1.54, 1.807) is 0 Å². The fourth-order valence-corrected chi connectivity index (χ4v) is 4.22. The van der Waals surface area contributed by atoms with Crippen LogP contribution in [0.25, 0.3) is 0 Å². The number of isocyanates is 1. The summed E-state index contributed by atoms with van der Waals surface area (Å²) in [5.74, 6) is 0. The highest BCUT2D eigenvalue weighted by atomic mass is 28.4. The van der Waals surface area contributed by atoms with Crippen LogP contribution >= 0.6 is 0 Å². The molecule has 0 N–H and O–H groups in total. The lowest BCUT2D eigenvalue weighted by atomic mass is 10.5. The van der Waals surface area contributed by atoms with Crippen molar-refractivity contribution in [1.82, 2.24) is 0 Å². The van der Waals surface area contributed by atoms with E-state index in [0.717, 1.165) is 13.0 Å². The van der Waals surface area contributed by atoms with Crippen LogP contribution in [0.1, 0.15) is 27.2 Å². The highest BCUT2D eigenvalue weighted by Gasteiger charge is 2.27. The second-order valence-corrected chi connectivity index (χ2v) is 8.19. The lowest BCUT2D eigenvalue weighted by Crippen LogP contribution is -2.36. The van der Waals surface area contributed by atoms with Crippen LogP contribution in [0, 0.1) is 0 Å². The maximum atomic E-state index is 9.81. The van der Waals surface area contributed by atoms with Crippen LogP contribution in [0.15, 0.2) is 4.99 Å². The van der Waals surface area contributed by atoms with Crippen molar-refractivity contribution < 1.29 is 9.22 Å². The molecule has 0 aliphatic heterocycles. The van der Waals surface area contributed by atoms with Gasteiger partial charge in [-0.2, -0.15) is 0 Å². The van der Waals surface area contributed by atoms with Crippen molar-refractivity contribution in [3.8, 4) is 0 Å². The highest BCUT2D eigenvalue weighted by Crippen LogP contribution is 2.21. The number of nitrogens with zero attached hydrogens (tertiary/aromatic N) is 1. The molecular formula is C10H21NO2Si. The molecular weight excluding hydrogens is 194 g/mol. The lowest BCUT2D eigenvalue weighted by molar-refractivity contribution is 0.295. The van der Waals surface area contributed by atoms with Gasteiger partial charge in [0.15, 0.2) is 8.32 Å². The molecule has 3 nitrogen and oxygen atoms in total. The predicted octanol–water partition coefficient (Wildman–Crippen LogP) is 2.73. The van der Waals surface area contributed by atoms with Gasteiger partial charge in [-0.3, -0.25) is 0 Å². The number of hydrogen-bond donors (Lipinski definition) is 0. The number of rotatable bonds is 8. The van der Waals surface area contributed by atoms with Gasteiger partial charge in [0, 0.05) is 6.61 Å². The maximum Gasteiger partial charge on any atom is 0.234 e. The van der Waals surface area contributed by atoms with Crippen molar-refractivity contribution in [3.05, 3.63) is 0 Å². The Labute approximate surface area is 87.7 Å². The zero-order chi connectivity index (χ0) is 10.9. The van der Waals surface area contributed by atoms with Gasteiger partial charge in [0.2, 0.25) is 6.08 Å². The van der Waals surface area contributed by atoms with Gasteiger partial charge in [0.25, 0.3) is 0 Å². The summed E-state index contributed by atoms with van der Waals surface area (Å²) in [5.41, 5.74) is 0. The van der Waals surface area contributed by atoms with Gasteiger partial charge in [-0.05, 0) is 24.6 Å². The molecule has 0 spiro atoms. The van der Waals surface area contributed by atoms with E-state index in [4.69, 9.17) is 4.43 Å². The number of aliphatic imine (C=N–C) groups is 1. The van der Waals surface area contributed by atoms with Crippen LogP contribution in [-0.4, -0.2) is 27.5 Å². The van der Waals surface area contributed by atoms with E-state index in [1.165, 1.54) is 24.2 Å². The van der Waals surface area contributed by atoms with Crippen LogP contribution < -0.4 is 0 Å². The first kappa shape index (κ1) is 13.6. The van der Waals surface area contributed by atoms with E-state index >= 15 is 0 Å². The third-order valence-electron chi connectivity index (χ3n) is 2.82. The Kier molecular flexibility index (Phi) is 7.66. The summed E-state index contributed by atoms with van der Waals surface area (Å²) in [6.45, 7) is 7.92. The molecule has 0 bridgehead atoms. The average Bonchev–Trinajstić information content (AvgIpc) is 2.24. The predicted molar refractivity (Wildman–Crippen MR) is 60.8 cm³/mol. The van der Waals surface area contributed by atoms with Gasteiger partial charge >= 0.3 is 0 Å². The first-order valence-electron chi connectivity index (χ1n) is 5.42. The molecule has 0 saturated heterocycles. The van der Waals surface area contributed by atoms with Gasteiger partial charge in [-0.25, -0.2) is 9.79 Å². The van der Waals surface area contributed by atoms with Gasteiger partial charge < -0.3 is 4.43 Å². The fraction of sp³-hybridized carbons (Fsp3) is 0.900. The summed E-state index contributed by atoms with van der Waals surface area (Å²) in [4.78, 5) is 13.3. The molecule has 0 saturated carbocycles. The minimum Gasteiger partial charge on any atom is -0.417 e. The molecule has 0 heterocycles. The van der Waals surface area contributed by atoms with Crippen molar-refractivity contribution in [2.24, 2.45) is 4.99 Å². The summed E-state index contributed by atoms with van der Waals surface area (Å²) in [6, 6.07) is 3.53. The van der Waals surface area contributed by atoms with Crippen molar-refractivity contribution in [2.75, 3.05) is 13.2 Å². The Morgan fingerprint density at radius 1 is 1.21 bits per heavy atom. The van der Waals surface area contributed by atoms with Gasteiger partial charge in [0.05, 0.1) is 6.54 Å². The van der Waals surface area contributed by atoms with Crippen molar-refractivity contribution in [3.63, 3.8) is 0 Å². The smallest absolute Gasteiger partial charge is 0.234 e. The number of carbonyl (C=O) groups excluding carboxylic acids is 1. The molecule has 4 heteroatoms. The monoisotopic (exact) mass is 215 g/mol. The fourth-order valence-electron chi connectivity index (χ4n) is 1.53. The number of hydrogen-bond acceptors (Lipinski definition) is 3. The maximum absolute atomic E-state index is 9.81. The average molecular weight is 215 g/mol. The van der Waals surface area contributed by atoms with E-state index in [1.807, 2.05) is 0 Å². The first-order chi connectivity index (χ1) is 6.74. The zero-order valence-electron chi connectivity index (χ0n) is 9.51. The van der Waals surface area contributed by atoms with Crippen LogP contribution in [0.3, 0.4) is 0 Å². The van der Waals surface area contributed by atoms with Crippen LogP contribution in [0.4, 0.5) is 0 Å². The molecule has 0 aromatic carbocycles. The Bertz CT molecular complexity index is 178. The van der Waals surface area contributed by atoms with E-state index < -0.39 is 8.32 Å². The van der Waals surface area contributed by atoms with Crippen LogP contribution in [0.5, 0.6) is 0 Å². The molecule has 0 aliphatic carbocycles. The quantitative estimate of drug-likeness (QED) is 0.270. The molecule has 82 valence electrons. The standard InChI is InChI=1S/C10H21NO2Si/c1-4-14(5-2,6-3)13-9-7-8-11-10-12/h4-9H2,1-3H3. The lowest BCUT2D eigenvalue weighted by Gasteiger charge is -2.27. The molecule has 0 rings (SSSR count). The van der Waals surface area contributed by atoms with Gasteiger partial charge in [-0.15, -0.1) is 0 Å². The van der Waals surface area contributed by atoms with Crippen molar-refractivity contribution in [1.29, 1.82) is 0 Å². The van der Waals surface area contributed by atoms with Crippen molar-refractivity contribution >= 4 is 14.4 Å². The molecule has 14 heavy (non-hydrogen) atoms. The molecule has 0 fully saturated rings. The minimum absolute atomic E-state index is 0.547. The second kappa shape index (κ2) is 7.91. The molecule has 0 amide bonds. The Hall–Kier alpha value is -0.443. The van der Waals surface area contributed by atoms with Gasteiger partial charge in [-0.1, -0.05) is 20.8 Å². The summed E-state index contributed by atoms with van der Waals surface area (Å²) >= 11 is 0. The van der Waals surface area contributed by atoms with Crippen molar-refractivity contribution in [2.45, 2.75) is 45.3 Å². The molecule has 0 atom stereocenters. The van der Waals surface area contributed by atoms with Gasteiger partial charge in [0.1, 0.15) is 0 Å². The molecule has 0 radical (unpaired) electrons. The van der Waals surface area contributed by atoms with E-state index in [0.29, 0.717) is 6.54 Å². The third-order valence-corrected chi connectivity index (χ3v) is 7.50.